The number of nitrogens with zero attached hydrogens (tertiary/aromatic N) is 12. The van der Waals surface area contributed by atoms with Gasteiger partial charge >= 0.3 is 0 Å². The van der Waals surface area contributed by atoms with Gasteiger partial charge in [-0.3, -0.25) is 40.0 Å². The second-order valence-electron chi connectivity index (χ2n) is 33.8. The minimum atomic E-state index is -0.766. The Balaban J connectivity index is 0.000000154. The largest absolute Gasteiger partial charge is 0.394 e. The van der Waals surface area contributed by atoms with E-state index < -0.39 is 70.0 Å². The number of halogens is 1. The molecule has 15 atom stereocenters. The molecule has 31 nitrogen and oxygen atoms in total. The van der Waals surface area contributed by atoms with Gasteiger partial charge in [-0.2, -0.15) is 0 Å². The molecule has 10 N–H and O–H groups in total. The van der Waals surface area contributed by atoms with Crippen LogP contribution in [0, 0.1) is 32.1 Å². The number of nitrogens with two attached hydrogens (primary N) is 1. The number of rotatable bonds is 30. The van der Waals surface area contributed by atoms with Gasteiger partial charge in [0.1, 0.15) is 48.8 Å². The van der Waals surface area contributed by atoms with E-state index in [0.29, 0.717) is 56.3 Å². The molecule has 0 saturated carbocycles. The van der Waals surface area contributed by atoms with Gasteiger partial charge in [-0.25, -0.2) is 0 Å². The fourth-order valence-corrected chi connectivity index (χ4v) is 17.6. The molecule has 690 valence electrons. The number of carbonyl (C=O) groups excluding carboxylic acids is 1. The number of benzene rings is 6. The summed E-state index contributed by atoms with van der Waals surface area (Å²) in [4.78, 5) is 55.5. The predicted molar refractivity (Wildman–Crippen MR) is 503 cm³/mol. The van der Waals surface area contributed by atoms with E-state index >= 15 is 0 Å². The summed E-state index contributed by atoms with van der Waals surface area (Å²) in [6.07, 6.45) is 21.7. The van der Waals surface area contributed by atoms with Crippen molar-refractivity contribution in [2.45, 2.75) is 190 Å². The number of aliphatic hydroxyl groups is 6. The van der Waals surface area contributed by atoms with Crippen molar-refractivity contribution in [3.8, 4) is 0 Å². The molecule has 32 heteroatoms. The Bertz CT molecular complexity index is 5350. The number of aliphatic hydroxyl groups excluding tert-OH is 6. The van der Waals surface area contributed by atoms with Crippen molar-refractivity contribution < 1.29 is 69.0 Å². The quantitative estimate of drug-likeness (QED) is 0.00664. The Morgan fingerprint density at radius 2 is 0.859 bits per heavy atom. The van der Waals surface area contributed by atoms with Crippen molar-refractivity contribution in [2.24, 2.45) is 32.5 Å². The topological polar surface area (TPSA) is 391 Å². The third-order valence-corrected chi connectivity index (χ3v) is 23.9. The number of nitro groups is 2. The first-order valence-electron chi connectivity index (χ1n) is 44.3. The van der Waals surface area contributed by atoms with Gasteiger partial charge in [-0.1, -0.05) is 130 Å². The first kappa shape index (κ1) is 98.1. The predicted octanol–water partition coefficient (Wildman–Crippen LogP) is 13.0. The van der Waals surface area contributed by atoms with Crippen molar-refractivity contribution in [1.29, 1.82) is 0 Å². The Morgan fingerprint density at radius 3 is 1.22 bits per heavy atom. The maximum Gasteiger partial charge on any atom is 0.279 e. The fourth-order valence-electron chi connectivity index (χ4n) is 17.1. The maximum atomic E-state index is 12.4. The lowest BCUT2D eigenvalue weighted by molar-refractivity contribution is -0.394. The number of aliphatic imine (C=N–C) groups is 3. The molecule has 0 bridgehead atoms. The minimum Gasteiger partial charge on any atom is -0.394 e. The molecule has 128 heavy (non-hydrogen) atoms. The standard InChI is InChI=1S/C23H24N4O8.C20H29N3O.C18H25N3O3.C15H20N2O3.C13H17N3.C7H13ClO/c28-13-21-20(29)11-23(35-21)25-12-15(17-3-1-2-4-18(17)25)7-8-24-22(30)9-14-5-6-16(26(31)32)10-19(14)27(33)34;1-5-19-15(2)12-20(24-19)23-13-16(10-11-21-14-22(3)4)17-8-6-7-9-18(17)23;1-20(2)12-19-8-7-13-10-21(15-6-4-3-5-14(13)15)18-9-16(23)17(11-22)24-18;16-6-5-10-8-17(12-4-2-1-3-11(10)12)15-7-13(19)14(9-18)20-15;1-16(2)10-14-8-7-11-9-15-13-6-4-3-5-12(11)13;1-3-6-5(2)4-7(8)9-6/h1-6,10,12,20-21,23,28-29H,7-9,11,13H2,(H,24,30);6-9,13-15,19-20H,5,10-12H2,1-4H3;3-6,10,12,16-18,22-23H,7-9,11H2,1-2H3;1-4,8,13-15,18-19H,5-7,9,16H2;3-6,9-10,15H,7-8H2,1-2H3;5-7H,3-4H2,1-2H3. The summed E-state index contributed by atoms with van der Waals surface area (Å²) in [5, 5.41) is 88.7. The van der Waals surface area contributed by atoms with E-state index in [1.165, 1.54) is 60.9 Å². The number of carbonyl (C=O) groups is 1. The SMILES string of the molecule is CCC1OC(Cl)CC1C.CCC1OC(n2cc(CCN=CN(C)C)c3ccccc32)CC1C.CN(C)C=NCCc1c[nH]c2ccccc12.CN(C)C=NCCc1cn(C2CC(O)C(CO)O2)c2ccccc12.NCCc1cn(C2CC(O)C(CO)O2)c2ccccc12.O=C(Cc1ccc([N+](=O)[O-])cc1[N+](=O)[O-])NCCc1cn(C2CC(O)C(CO)O2)c2ccccc12. The molecule has 11 aromatic rings. The minimum absolute atomic E-state index is 0.0232. The second kappa shape index (κ2) is 47.7. The van der Waals surface area contributed by atoms with Gasteiger partial charge in [0.05, 0.1) is 114 Å². The molecular formula is C96H128ClN15O16. The summed E-state index contributed by atoms with van der Waals surface area (Å²) in [6, 6.07) is 44.2. The van der Waals surface area contributed by atoms with E-state index in [4.69, 9.17) is 41.0 Å². The first-order chi connectivity index (χ1) is 61.7. The van der Waals surface area contributed by atoms with Crippen LogP contribution >= 0.6 is 11.6 Å². The van der Waals surface area contributed by atoms with Gasteiger partial charge in [0.2, 0.25) is 5.91 Å². The number of ether oxygens (including phenoxy) is 5. The Labute approximate surface area is 752 Å². The zero-order valence-electron chi connectivity index (χ0n) is 75.0. The summed E-state index contributed by atoms with van der Waals surface area (Å²) >= 11 is 5.76. The zero-order valence-corrected chi connectivity index (χ0v) is 75.8. The highest BCUT2D eigenvalue weighted by molar-refractivity contribution is 6.19. The van der Waals surface area contributed by atoms with Crippen molar-refractivity contribution in [1.82, 2.24) is 43.3 Å². The van der Waals surface area contributed by atoms with Gasteiger partial charge in [-0.15, -0.1) is 0 Å². The zero-order chi connectivity index (χ0) is 91.7. The second-order valence-corrected chi connectivity index (χ2v) is 34.3. The molecule has 5 saturated heterocycles. The lowest BCUT2D eigenvalue weighted by Gasteiger charge is -2.15. The van der Waals surface area contributed by atoms with E-state index in [9.17, 15) is 55.7 Å². The number of amides is 1. The number of hydrogen-bond acceptors (Lipinski definition) is 20. The molecule has 0 spiro atoms. The number of aromatic amines is 1. The van der Waals surface area contributed by atoms with Crippen LogP contribution in [0.3, 0.4) is 0 Å². The van der Waals surface area contributed by atoms with Crippen LogP contribution in [-0.2, 0) is 67.0 Å². The van der Waals surface area contributed by atoms with Gasteiger partial charge in [0, 0.05) is 163 Å². The van der Waals surface area contributed by atoms with Crippen LogP contribution < -0.4 is 11.1 Å². The summed E-state index contributed by atoms with van der Waals surface area (Å²) in [5.74, 6) is 0.825. The third kappa shape index (κ3) is 25.8. The van der Waals surface area contributed by atoms with E-state index in [2.05, 4.69) is 148 Å². The Morgan fingerprint density at radius 1 is 0.492 bits per heavy atom. The van der Waals surface area contributed by atoms with E-state index in [1.807, 2.05) is 152 Å². The van der Waals surface area contributed by atoms with Gasteiger partial charge < -0.3 is 103 Å². The van der Waals surface area contributed by atoms with Gasteiger partial charge in [-0.05, 0) is 140 Å². The molecule has 1 amide bonds. The number of para-hydroxylation sites is 5. The number of nitro benzene ring substituents is 2. The van der Waals surface area contributed by atoms with Crippen LogP contribution in [0.5, 0.6) is 0 Å². The highest BCUT2D eigenvalue weighted by Crippen LogP contribution is 2.41. The molecule has 5 aromatic heterocycles. The first-order valence-corrected chi connectivity index (χ1v) is 44.7. The number of non-ortho nitro benzene ring substituents is 1. The molecular weight excluding hydrogens is 1650 g/mol. The molecule has 10 heterocycles. The molecule has 15 unspecified atom stereocenters. The Kier molecular flexibility index (Phi) is 36.6. The van der Waals surface area contributed by atoms with Crippen LogP contribution in [0.25, 0.3) is 54.5 Å². The fraction of sp³-hybridized carbons (Fsp3) is 0.479. The van der Waals surface area contributed by atoms with Crippen LogP contribution in [0.4, 0.5) is 11.4 Å². The van der Waals surface area contributed by atoms with Crippen molar-refractivity contribution in [3.63, 3.8) is 0 Å². The number of H-pyrrole nitrogens is 1. The number of nitrogens with one attached hydrogen (secondary N) is 2. The summed E-state index contributed by atoms with van der Waals surface area (Å²) in [6.45, 7) is 11.5. The molecule has 5 fully saturated rings. The highest BCUT2D eigenvalue weighted by atomic mass is 35.5. The van der Waals surface area contributed by atoms with E-state index in [0.717, 1.165) is 111 Å². The van der Waals surface area contributed by atoms with E-state index in [1.54, 1.807) is 0 Å². The highest BCUT2D eigenvalue weighted by Gasteiger charge is 2.39. The number of fused-ring (bicyclic) bond motifs is 5. The van der Waals surface area contributed by atoms with Gasteiger partial charge in [0.15, 0.2) is 0 Å². The molecule has 6 aromatic carbocycles. The maximum absolute atomic E-state index is 12.4. The normalized spacial score (nSPS) is 23.1. The number of aromatic nitrogens is 5. The van der Waals surface area contributed by atoms with Gasteiger partial charge in [0.25, 0.3) is 11.4 Å². The number of hydrogen-bond donors (Lipinski definition) is 9. The molecule has 0 radical (unpaired) electrons. The number of alkyl halides is 1. The monoisotopic (exact) mass is 1780 g/mol. The van der Waals surface area contributed by atoms with E-state index in [-0.39, 0.29) is 62.6 Å². The van der Waals surface area contributed by atoms with Crippen molar-refractivity contribution in [2.75, 3.05) is 94.8 Å². The third-order valence-electron chi connectivity index (χ3n) is 23.6. The average molecular weight is 1780 g/mol. The van der Waals surface area contributed by atoms with Crippen LogP contribution in [-0.4, -0.2) is 253 Å². The molecule has 5 aliphatic heterocycles. The van der Waals surface area contributed by atoms with Crippen LogP contribution in [0.1, 0.15) is 131 Å². The summed E-state index contributed by atoms with van der Waals surface area (Å²) in [7, 11) is 11.9. The average Bonchev–Trinajstić information content (AvgIpc) is 1.63. The molecule has 16 rings (SSSR count). The van der Waals surface area contributed by atoms with Crippen LogP contribution in [0.2, 0.25) is 0 Å². The molecule has 0 aliphatic carbocycles. The lowest BCUT2D eigenvalue weighted by Crippen LogP contribution is -2.27. The summed E-state index contributed by atoms with van der Waals surface area (Å²) in [5.41, 5.74) is 16.4. The van der Waals surface area contributed by atoms with Crippen molar-refractivity contribution in [3.05, 3.63) is 224 Å². The van der Waals surface area contributed by atoms with Crippen molar-refractivity contribution >= 4 is 102 Å². The Hall–Kier alpha value is -10.5. The smallest absolute Gasteiger partial charge is 0.279 e. The summed E-state index contributed by atoms with van der Waals surface area (Å²) < 4.78 is 37.4. The van der Waals surface area contributed by atoms with Crippen LogP contribution in [0.15, 0.2) is 185 Å². The lowest BCUT2D eigenvalue weighted by atomic mass is 10.0. The molecule has 5 aliphatic rings.